The van der Waals surface area contributed by atoms with E-state index in [4.69, 9.17) is 0 Å². The number of nitrogens with one attached hydrogen (secondary N) is 2. The van der Waals surface area contributed by atoms with Gasteiger partial charge in [-0.1, -0.05) is 30.3 Å². The van der Waals surface area contributed by atoms with Crippen molar-refractivity contribution < 1.29 is 13.2 Å². The van der Waals surface area contributed by atoms with E-state index in [2.05, 4.69) is 20.6 Å². The lowest BCUT2D eigenvalue weighted by Crippen LogP contribution is -2.05. The van der Waals surface area contributed by atoms with Gasteiger partial charge in [0.1, 0.15) is 5.82 Å². The summed E-state index contributed by atoms with van der Waals surface area (Å²) in [5.74, 6) is -3.53. The molecule has 0 unspecified atom stereocenters. The maximum absolute atomic E-state index is 13.7. The fraction of sp³-hybridized carbons (Fsp3) is 0.0588. The van der Waals surface area contributed by atoms with Crippen molar-refractivity contribution in [2.75, 3.05) is 10.6 Å². The highest BCUT2D eigenvalue weighted by molar-refractivity contribution is 5.55. The number of hydrogen-bond acceptors (Lipinski definition) is 4. The average molecular weight is 330 g/mol. The molecule has 7 heteroatoms. The molecule has 0 aliphatic heterocycles. The molecule has 0 atom stereocenters. The molecule has 1 heterocycles. The van der Waals surface area contributed by atoms with Crippen molar-refractivity contribution in [2.24, 2.45) is 0 Å². The van der Waals surface area contributed by atoms with Gasteiger partial charge in [0.25, 0.3) is 0 Å². The van der Waals surface area contributed by atoms with Crippen molar-refractivity contribution >= 4 is 17.5 Å². The second kappa shape index (κ2) is 6.99. The molecule has 0 aliphatic rings. The summed E-state index contributed by atoms with van der Waals surface area (Å²) in [7, 11) is 0. The van der Waals surface area contributed by atoms with Gasteiger partial charge in [0, 0.05) is 12.7 Å². The van der Waals surface area contributed by atoms with Crippen LogP contribution in [0.5, 0.6) is 0 Å². The van der Waals surface area contributed by atoms with Crippen LogP contribution >= 0.6 is 0 Å². The van der Waals surface area contributed by atoms with Crippen LogP contribution in [-0.2, 0) is 6.54 Å². The number of halogens is 3. The summed E-state index contributed by atoms with van der Waals surface area (Å²) >= 11 is 0. The minimum atomic E-state index is -1.54. The molecule has 3 aromatic rings. The lowest BCUT2D eigenvalue weighted by Gasteiger charge is -2.09. The molecule has 1 aromatic heterocycles. The van der Waals surface area contributed by atoms with Gasteiger partial charge in [-0.2, -0.15) is 4.98 Å². The van der Waals surface area contributed by atoms with Crippen molar-refractivity contribution in [1.82, 2.24) is 9.97 Å². The third-order valence-corrected chi connectivity index (χ3v) is 3.25. The maximum atomic E-state index is 13.7. The second-order valence-corrected chi connectivity index (χ2v) is 4.95. The van der Waals surface area contributed by atoms with Gasteiger partial charge in [-0.25, -0.2) is 18.2 Å². The Balaban J connectivity index is 1.73. The van der Waals surface area contributed by atoms with E-state index >= 15 is 0 Å². The van der Waals surface area contributed by atoms with Gasteiger partial charge in [0.05, 0.1) is 5.69 Å². The predicted octanol–water partition coefficient (Wildman–Crippen LogP) is 4.25. The van der Waals surface area contributed by atoms with E-state index < -0.39 is 17.5 Å². The van der Waals surface area contributed by atoms with Crippen LogP contribution in [0, 0.1) is 17.5 Å². The van der Waals surface area contributed by atoms with Crippen molar-refractivity contribution in [3.05, 3.63) is 77.7 Å². The van der Waals surface area contributed by atoms with Gasteiger partial charge in [0.15, 0.2) is 17.5 Å². The molecule has 0 saturated carbocycles. The van der Waals surface area contributed by atoms with Crippen molar-refractivity contribution in [1.29, 1.82) is 0 Å². The smallest absolute Gasteiger partial charge is 0.229 e. The van der Waals surface area contributed by atoms with Crippen LogP contribution in [0.2, 0.25) is 0 Å². The summed E-state index contributed by atoms with van der Waals surface area (Å²) in [4.78, 5) is 8.10. The first kappa shape index (κ1) is 15.8. The van der Waals surface area contributed by atoms with Gasteiger partial charge in [-0.05, 0) is 23.8 Å². The lowest BCUT2D eigenvalue weighted by atomic mass is 10.2. The lowest BCUT2D eigenvalue weighted by molar-refractivity contribution is 0.449. The van der Waals surface area contributed by atoms with Crippen LogP contribution in [0.1, 0.15) is 5.56 Å². The number of nitrogens with zero attached hydrogens (tertiary/aromatic N) is 2. The molecule has 0 saturated heterocycles. The Morgan fingerprint density at radius 3 is 2.46 bits per heavy atom. The van der Waals surface area contributed by atoms with Crippen LogP contribution in [0.25, 0.3) is 0 Å². The first-order valence-corrected chi connectivity index (χ1v) is 7.15. The van der Waals surface area contributed by atoms with Crippen molar-refractivity contribution in [3.8, 4) is 0 Å². The molecule has 0 bridgehead atoms. The monoisotopic (exact) mass is 330 g/mol. The van der Waals surface area contributed by atoms with Crippen LogP contribution in [0.4, 0.5) is 30.6 Å². The minimum Gasteiger partial charge on any atom is -0.366 e. The van der Waals surface area contributed by atoms with Crippen LogP contribution in [0.15, 0.2) is 54.7 Å². The van der Waals surface area contributed by atoms with Gasteiger partial charge >= 0.3 is 0 Å². The number of benzene rings is 2. The summed E-state index contributed by atoms with van der Waals surface area (Å²) in [5.41, 5.74) is 0.825. The molecule has 4 nitrogen and oxygen atoms in total. The molecule has 2 N–H and O–H groups in total. The summed E-state index contributed by atoms with van der Waals surface area (Å²) in [6, 6.07) is 13.3. The zero-order valence-electron chi connectivity index (χ0n) is 12.4. The topological polar surface area (TPSA) is 49.8 Å². The van der Waals surface area contributed by atoms with Gasteiger partial charge < -0.3 is 10.6 Å². The Labute approximate surface area is 136 Å². The van der Waals surface area contributed by atoms with E-state index in [1.807, 2.05) is 30.3 Å². The van der Waals surface area contributed by atoms with E-state index in [0.717, 1.165) is 17.7 Å². The summed E-state index contributed by atoms with van der Waals surface area (Å²) in [5, 5.41) is 5.64. The minimum absolute atomic E-state index is 0.0676. The molecule has 122 valence electrons. The highest BCUT2D eigenvalue weighted by atomic mass is 19.2. The second-order valence-electron chi connectivity index (χ2n) is 4.95. The summed E-state index contributed by atoms with van der Waals surface area (Å²) in [6.07, 6.45) is 1.47. The Kier molecular flexibility index (Phi) is 4.60. The molecule has 0 amide bonds. The van der Waals surface area contributed by atoms with E-state index in [1.165, 1.54) is 6.20 Å². The van der Waals surface area contributed by atoms with E-state index in [0.29, 0.717) is 12.4 Å². The SMILES string of the molecule is Fc1ccc(Nc2nccc(NCc3ccccc3)n2)c(F)c1F. The molecular formula is C17H13F3N4. The average Bonchev–Trinajstić information content (AvgIpc) is 2.62. The standard InChI is InChI=1S/C17H13F3N4/c18-12-6-7-13(16(20)15(12)19)23-17-21-9-8-14(24-17)22-10-11-4-2-1-3-5-11/h1-9H,10H2,(H2,21,22,23,24). The maximum Gasteiger partial charge on any atom is 0.229 e. The molecule has 0 spiro atoms. The predicted molar refractivity (Wildman–Crippen MR) is 85.4 cm³/mol. The Morgan fingerprint density at radius 1 is 0.875 bits per heavy atom. The zero-order chi connectivity index (χ0) is 16.9. The molecular weight excluding hydrogens is 317 g/mol. The molecule has 3 rings (SSSR count). The molecule has 0 radical (unpaired) electrons. The number of aromatic nitrogens is 2. The Bertz CT molecular complexity index is 840. The van der Waals surface area contributed by atoms with Crippen molar-refractivity contribution in [3.63, 3.8) is 0 Å². The quantitative estimate of drug-likeness (QED) is 0.687. The van der Waals surface area contributed by atoms with Gasteiger partial charge in [-0.15, -0.1) is 0 Å². The fourth-order valence-electron chi connectivity index (χ4n) is 2.05. The number of anilines is 3. The highest BCUT2D eigenvalue weighted by Gasteiger charge is 2.14. The summed E-state index contributed by atoms with van der Waals surface area (Å²) in [6.45, 7) is 0.552. The molecule has 2 aromatic carbocycles. The number of rotatable bonds is 5. The van der Waals surface area contributed by atoms with Gasteiger partial charge in [0.2, 0.25) is 5.95 Å². The first-order valence-electron chi connectivity index (χ1n) is 7.15. The number of hydrogen-bond donors (Lipinski definition) is 2. The van der Waals surface area contributed by atoms with Crippen LogP contribution in [0.3, 0.4) is 0 Å². The third kappa shape index (κ3) is 3.62. The van der Waals surface area contributed by atoms with E-state index in [-0.39, 0.29) is 11.6 Å². The fourth-order valence-corrected chi connectivity index (χ4v) is 2.05. The largest absolute Gasteiger partial charge is 0.366 e. The van der Waals surface area contributed by atoms with Gasteiger partial charge in [-0.3, -0.25) is 0 Å². The van der Waals surface area contributed by atoms with Crippen LogP contribution < -0.4 is 10.6 Å². The van der Waals surface area contributed by atoms with Crippen molar-refractivity contribution in [2.45, 2.75) is 6.54 Å². The first-order chi connectivity index (χ1) is 11.6. The summed E-state index contributed by atoms with van der Waals surface area (Å²) < 4.78 is 39.8. The zero-order valence-corrected chi connectivity index (χ0v) is 12.4. The molecule has 0 fully saturated rings. The molecule has 24 heavy (non-hydrogen) atoms. The third-order valence-electron chi connectivity index (χ3n) is 3.25. The normalized spacial score (nSPS) is 10.5. The highest BCUT2D eigenvalue weighted by Crippen LogP contribution is 2.22. The van der Waals surface area contributed by atoms with Crippen LogP contribution in [-0.4, -0.2) is 9.97 Å². The van der Waals surface area contributed by atoms with E-state index in [9.17, 15) is 13.2 Å². The molecule has 0 aliphatic carbocycles. The Morgan fingerprint density at radius 2 is 1.67 bits per heavy atom. The Hall–Kier alpha value is -3.09. The van der Waals surface area contributed by atoms with E-state index in [1.54, 1.807) is 6.07 Å².